The summed E-state index contributed by atoms with van der Waals surface area (Å²) in [7, 11) is 3.90. The molecule has 0 bridgehead atoms. The Morgan fingerprint density at radius 3 is 2.47 bits per heavy atom. The van der Waals surface area contributed by atoms with Crippen LogP contribution in [0.5, 0.6) is 0 Å². The summed E-state index contributed by atoms with van der Waals surface area (Å²) in [4.78, 5) is 27.5. The zero-order chi connectivity index (χ0) is 24.0. The second kappa shape index (κ2) is 8.85. The van der Waals surface area contributed by atoms with E-state index >= 15 is 0 Å². The second-order valence-electron chi connectivity index (χ2n) is 10.2. The van der Waals surface area contributed by atoms with Crippen molar-refractivity contribution in [1.29, 1.82) is 0 Å². The lowest BCUT2D eigenvalue weighted by Crippen LogP contribution is -2.27. The van der Waals surface area contributed by atoms with Gasteiger partial charge >= 0.3 is 5.69 Å². The van der Waals surface area contributed by atoms with Crippen LogP contribution in [0.4, 0.5) is 0 Å². The van der Waals surface area contributed by atoms with E-state index in [1.54, 1.807) is 10.8 Å². The first-order valence-electron chi connectivity index (χ1n) is 12.3. The Bertz CT molecular complexity index is 1380. The van der Waals surface area contributed by atoms with Crippen molar-refractivity contribution in [3.05, 3.63) is 64.2 Å². The molecule has 1 aliphatic rings. The van der Waals surface area contributed by atoms with Crippen molar-refractivity contribution >= 4 is 11.2 Å². The van der Waals surface area contributed by atoms with Crippen LogP contribution in [-0.4, -0.2) is 28.7 Å². The number of aromatic nitrogens is 6. The highest BCUT2D eigenvalue weighted by Crippen LogP contribution is 2.36. The second-order valence-corrected chi connectivity index (χ2v) is 10.2. The number of nitrogens with zero attached hydrogens (tertiary/aromatic N) is 6. The predicted octanol–water partition coefficient (Wildman–Crippen LogP) is 4.94. The van der Waals surface area contributed by atoms with Crippen molar-refractivity contribution in [3.63, 3.8) is 0 Å². The van der Waals surface area contributed by atoms with Gasteiger partial charge in [-0.1, -0.05) is 38.1 Å². The van der Waals surface area contributed by atoms with Crippen LogP contribution in [0, 0.1) is 12.8 Å². The van der Waals surface area contributed by atoms with Crippen molar-refractivity contribution in [2.24, 2.45) is 20.0 Å². The van der Waals surface area contributed by atoms with Gasteiger partial charge in [0.15, 0.2) is 11.5 Å². The van der Waals surface area contributed by atoms with Gasteiger partial charge in [0.2, 0.25) is 0 Å². The standard InChI is InChI=1S/C27H34N6O/c1-17(2)21-8-6-7-9-22(21)24-28-14-23-26(30-24)33(27(34)32(23)5)16-19-10-12-20(13-11-19)25-29-18(3)15-31(25)4/h6-9,14-15,17,19-20H,10-13,16H2,1-5H3. The van der Waals surface area contributed by atoms with Gasteiger partial charge in [-0.25, -0.2) is 19.7 Å². The Morgan fingerprint density at radius 1 is 1.06 bits per heavy atom. The summed E-state index contributed by atoms with van der Waals surface area (Å²) in [5.41, 5.74) is 4.84. The molecule has 0 radical (unpaired) electrons. The largest absolute Gasteiger partial charge is 0.337 e. The minimum absolute atomic E-state index is 0.0135. The maximum absolute atomic E-state index is 13.2. The minimum atomic E-state index is -0.0135. The van der Waals surface area contributed by atoms with Gasteiger partial charge in [-0.05, 0) is 50.0 Å². The van der Waals surface area contributed by atoms with E-state index < -0.39 is 0 Å². The number of imidazole rings is 2. The lowest BCUT2D eigenvalue weighted by molar-refractivity contribution is 0.286. The molecule has 1 aromatic carbocycles. The molecule has 7 heteroatoms. The monoisotopic (exact) mass is 458 g/mol. The molecule has 3 heterocycles. The van der Waals surface area contributed by atoms with Gasteiger partial charge in [-0.3, -0.25) is 9.13 Å². The number of benzene rings is 1. The third-order valence-electron chi connectivity index (χ3n) is 7.39. The third kappa shape index (κ3) is 3.97. The van der Waals surface area contributed by atoms with E-state index in [9.17, 15) is 4.79 Å². The van der Waals surface area contributed by atoms with Gasteiger partial charge in [-0.2, -0.15) is 0 Å². The summed E-state index contributed by atoms with van der Waals surface area (Å²) in [6.45, 7) is 7.11. The first-order valence-corrected chi connectivity index (χ1v) is 12.3. The van der Waals surface area contributed by atoms with Crippen molar-refractivity contribution < 1.29 is 0 Å². The summed E-state index contributed by atoms with van der Waals surface area (Å²) in [6, 6.07) is 8.28. The van der Waals surface area contributed by atoms with E-state index in [0.29, 0.717) is 30.1 Å². The summed E-state index contributed by atoms with van der Waals surface area (Å²) < 4.78 is 5.72. The van der Waals surface area contributed by atoms with Crippen LogP contribution in [0.2, 0.25) is 0 Å². The van der Waals surface area contributed by atoms with Crippen LogP contribution in [0.1, 0.15) is 68.4 Å². The summed E-state index contributed by atoms with van der Waals surface area (Å²) in [6.07, 6.45) is 8.30. The van der Waals surface area contributed by atoms with Crippen LogP contribution in [0.3, 0.4) is 0 Å². The zero-order valence-electron chi connectivity index (χ0n) is 20.8. The number of fused-ring (bicyclic) bond motifs is 1. The zero-order valence-corrected chi connectivity index (χ0v) is 20.8. The van der Waals surface area contributed by atoms with Crippen molar-refractivity contribution in [2.45, 2.75) is 64.8 Å². The quantitative estimate of drug-likeness (QED) is 0.425. The molecular formula is C27H34N6O. The highest BCUT2D eigenvalue weighted by atomic mass is 16.1. The van der Waals surface area contributed by atoms with Gasteiger partial charge in [0.25, 0.3) is 0 Å². The molecule has 4 aromatic rings. The molecule has 5 rings (SSSR count). The topological polar surface area (TPSA) is 70.5 Å². The first-order chi connectivity index (χ1) is 16.3. The smallest absolute Gasteiger partial charge is 0.330 e. The molecular weight excluding hydrogens is 424 g/mol. The van der Waals surface area contributed by atoms with Crippen molar-refractivity contribution in [3.8, 4) is 11.4 Å². The minimum Gasteiger partial charge on any atom is -0.337 e. The normalized spacial score (nSPS) is 18.8. The van der Waals surface area contributed by atoms with Crippen LogP contribution >= 0.6 is 0 Å². The Balaban J connectivity index is 1.43. The maximum Gasteiger partial charge on any atom is 0.330 e. The summed E-state index contributed by atoms with van der Waals surface area (Å²) in [5.74, 6) is 3.21. The van der Waals surface area contributed by atoms with E-state index in [0.717, 1.165) is 48.1 Å². The molecule has 7 nitrogen and oxygen atoms in total. The SMILES string of the molecule is Cc1cn(C)c(C2CCC(Cn3c(=O)n(C)c4cnc(-c5ccccc5C(C)C)nc43)CC2)n1. The Hall–Kier alpha value is -3.22. The number of rotatable bonds is 5. The van der Waals surface area contributed by atoms with Crippen LogP contribution in [0.15, 0.2) is 41.5 Å². The molecule has 34 heavy (non-hydrogen) atoms. The number of aryl methyl sites for hydroxylation is 3. The Kier molecular flexibility index (Phi) is 5.88. The summed E-state index contributed by atoms with van der Waals surface area (Å²) >= 11 is 0. The first kappa shape index (κ1) is 22.6. The fraction of sp³-hybridized carbons (Fsp3) is 0.481. The molecule has 0 N–H and O–H groups in total. The van der Waals surface area contributed by atoms with E-state index in [1.165, 1.54) is 11.4 Å². The number of hydrogen-bond donors (Lipinski definition) is 0. The molecule has 1 saturated carbocycles. The van der Waals surface area contributed by atoms with Gasteiger partial charge in [0.1, 0.15) is 11.3 Å². The molecule has 1 fully saturated rings. The van der Waals surface area contributed by atoms with Gasteiger partial charge in [0.05, 0.1) is 11.9 Å². The number of hydrogen-bond acceptors (Lipinski definition) is 4. The molecule has 0 aliphatic heterocycles. The maximum atomic E-state index is 13.2. The molecule has 0 unspecified atom stereocenters. The molecule has 1 aliphatic carbocycles. The van der Waals surface area contributed by atoms with E-state index in [-0.39, 0.29) is 5.69 Å². The highest BCUT2D eigenvalue weighted by molar-refractivity contribution is 5.74. The lowest BCUT2D eigenvalue weighted by Gasteiger charge is -2.28. The van der Waals surface area contributed by atoms with Crippen molar-refractivity contribution in [2.75, 3.05) is 0 Å². The molecule has 0 atom stereocenters. The average Bonchev–Trinajstić information content (AvgIpc) is 3.30. The fourth-order valence-corrected chi connectivity index (χ4v) is 5.55. The van der Waals surface area contributed by atoms with Crippen LogP contribution in [-0.2, 0) is 20.6 Å². The molecule has 0 saturated heterocycles. The third-order valence-corrected chi connectivity index (χ3v) is 7.39. The molecule has 178 valence electrons. The fourth-order valence-electron chi connectivity index (χ4n) is 5.55. The average molecular weight is 459 g/mol. The highest BCUT2D eigenvalue weighted by Gasteiger charge is 2.27. The Morgan fingerprint density at radius 2 is 1.79 bits per heavy atom. The van der Waals surface area contributed by atoms with Gasteiger partial charge in [-0.15, -0.1) is 0 Å². The van der Waals surface area contributed by atoms with Gasteiger partial charge < -0.3 is 4.57 Å². The van der Waals surface area contributed by atoms with Gasteiger partial charge in [0, 0.05) is 38.3 Å². The van der Waals surface area contributed by atoms with Crippen LogP contribution < -0.4 is 5.69 Å². The summed E-state index contributed by atoms with van der Waals surface area (Å²) in [5, 5.41) is 0. The molecule has 0 spiro atoms. The van der Waals surface area contributed by atoms with E-state index in [1.807, 2.05) is 17.7 Å². The van der Waals surface area contributed by atoms with Crippen molar-refractivity contribution in [1.82, 2.24) is 28.7 Å². The lowest BCUT2D eigenvalue weighted by atomic mass is 9.81. The Labute approximate surface area is 200 Å². The predicted molar refractivity (Wildman–Crippen MR) is 135 cm³/mol. The van der Waals surface area contributed by atoms with E-state index in [4.69, 9.17) is 9.97 Å². The molecule has 0 amide bonds. The van der Waals surface area contributed by atoms with E-state index in [2.05, 4.69) is 61.8 Å². The van der Waals surface area contributed by atoms with Crippen LogP contribution in [0.25, 0.3) is 22.6 Å². The molecule has 3 aromatic heterocycles.